The fourth-order valence-corrected chi connectivity index (χ4v) is 2.24. The number of nitrogens with zero attached hydrogens (tertiary/aromatic N) is 2. The van der Waals surface area contributed by atoms with Crippen LogP contribution in [0.5, 0.6) is 0 Å². The van der Waals surface area contributed by atoms with E-state index in [2.05, 4.69) is 21.9 Å². The second kappa shape index (κ2) is 6.36. The molecule has 5 nitrogen and oxygen atoms in total. The Kier molecular flexibility index (Phi) is 4.54. The lowest BCUT2D eigenvalue weighted by Gasteiger charge is -2.18. The fourth-order valence-electron chi connectivity index (χ4n) is 2.24. The van der Waals surface area contributed by atoms with Gasteiger partial charge in [-0.3, -0.25) is 11.3 Å². The molecule has 1 aromatic carbocycles. The molecule has 2 aromatic rings. The molecule has 1 heterocycles. The molecule has 0 aliphatic carbocycles. The number of imidazole rings is 1. The van der Waals surface area contributed by atoms with E-state index < -0.39 is 0 Å². The first-order chi connectivity index (χ1) is 9.26. The number of nitrogens with two attached hydrogens (primary N) is 2. The van der Waals surface area contributed by atoms with Crippen molar-refractivity contribution in [1.29, 1.82) is 0 Å². The molecule has 19 heavy (non-hydrogen) atoms. The zero-order chi connectivity index (χ0) is 13.7. The van der Waals surface area contributed by atoms with Crippen molar-refractivity contribution in [3.8, 4) is 0 Å². The normalized spacial score (nSPS) is 12.5. The average Bonchev–Trinajstić information content (AvgIpc) is 2.85. The third-order valence-corrected chi connectivity index (χ3v) is 3.23. The van der Waals surface area contributed by atoms with Crippen LogP contribution in [0.3, 0.4) is 0 Å². The molecule has 1 unspecified atom stereocenters. The Morgan fingerprint density at radius 2 is 2.16 bits per heavy atom. The van der Waals surface area contributed by atoms with E-state index in [4.69, 9.17) is 11.6 Å². The minimum absolute atomic E-state index is 0.0285. The number of nitrogens with one attached hydrogen (secondary N) is 1. The molecule has 0 radical (unpaired) electrons. The number of aromatic nitrogens is 2. The summed E-state index contributed by atoms with van der Waals surface area (Å²) in [7, 11) is 0. The zero-order valence-corrected chi connectivity index (χ0v) is 11.2. The van der Waals surface area contributed by atoms with Crippen LogP contribution in [-0.2, 0) is 13.0 Å². The van der Waals surface area contributed by atoms with Gasteiger partial charge in [0.05, 0.1) is 6.04 Å². The Labute approximate surface area is 113 Å². The number of hydrazine groups is 1. The Morgan fingerprint density at radius 3 is 2.84 bits per heavy atom. The molecular weight excluding hydrogens is 238 g/mol. The van der Waals surface area contributed by atoms with E-state index in [1.165, 1.54) is 0 Å². The number of hydrogen-bond acceptors (Lipinski definition) is 4. The van der Waals surface area contributed by atoms with E-state index in [0.717, 1.165) is 36.5 Å². The molecule has 5 N–H and O–H groups in total. The lowest BCUT2D eigenvalue weighted by Crippen LogP contribution is -2.31. The van der Waals surface area contributed by atoms with Crippen molar-refractivity contribution in [3.63, 3.8) is 0 Å². The second-order valence-corrected chi connectivity index (χ2v) is 4.59. The molecule has 1 atom stereocenters. The molecule has 0 fully saturated rings. The predicted molar refractivity (Wildman–Crippen MR) is 77.1 cm³/mol. The average molecular weight is 259 g/mol. The predicted octanol–water partition coefficient (Wildman–Crippen LogP) is 1.62. The number of hydrogen-bond donors (Lipinski definition) is 3. The summed E-state index contributed by atoms with van der Waals surface area (Å²) in [5.74, 6) is 6.69. The first-order valence-corrected chi connectivity index (χ1v) is 6.56. The molecule has 102 valence electrons. The summed E-state index contributed by atoms with van der Waals surface area (Å²) < 4.78 is 2.16. The third kappa shape index (κ3) is 3.13. The molecule has 0 bridgehead atoms. The van der Waals surface area contributed by atoms with Crippen molar-refractivity contribution >= 4 is 5.69 Å². The molecular formula is C14H21N5. The van der Waals surface area contributed by atoms with E-state index in [1.54, 1.807) is 0 Å². The minimum atomic E-state index is -0.0285. The standard InChI is InChI=1S/C14H21N5/c1-2-8-19-9-7-17-14(19)10-13(18-16)11-5-3-4-6-12(11)15/h3-7,9,13,18H,2,8,10,15-16H2,1H3. The second-order valence-electron chi connectivity index (χ2n) is 4.59. The van der Waals surface area contributed by atoms with Crippen molar-refractivity contribution in [2.75, 3.05) is 5.73 Å². The maximum atomic E-state index is 6.00. The van der Waals surface area contributed by atoms with Crippen LogP contribution >= 0.6 is 0 Å². The summed E-state index contributed by atoms with van der Waals surface area (Å²) in [6.45, 7) is 3.12. The quantitative estimate of drug-likeness (QED) is 0.418. The van der Waals surface area contributed by atoms with E-state index in [0.29, 0.717) is 0 Å². The van der Waals surface area contributed by atoms with Crippen molar-refractivity contribution in [1.82, 2.24) is 15.0 Å². The van der Waals surface area contributed by atoms with Crippen LogP contribution in [0.4, 0.5) is 5.69 Å². The Morgan fingerprint density at radius 1 is 1.37 bits per heavy atom. The summed E-state index contributed by atoms with van der Waals surface area (Å²) in [6.07, 6.45) is 5.63. The molecule has 0 saturated carbocycles. The minimum Gasteiger partial charge on any atom is -0.398 e. The molecule has 2 rings (SSSR count). The van der Waals surface area contributed by atoms with E-state index in [1.807, 2.05) is 36.7 Å². The van der Waals surface area contributed by atoms with Gasteiger partial charge in [-0.2, -0.15) is 0 Å². The molecule has 0 spiro atoms. The van der Waals surface area contributed by atoms with Gasteiger partial charge in [-0.15, -0.1) is 0 Å². The number of para-hydroxylation sites is 1. The van der Waals surface area contributed by atoms with Gasteiger partial charge in [-0.25, -0.2) is 4.98 Å². The van der Waals surface area contributed by atoms with Crippen molar-refractivity contribution in [2.45, 2.75) is 32.4 Å². The molecule has 0 saturated heterocycles. The summed E-state index contributed by atoms with van der Waals surface area (Å²) in [6, 6.07) is 7.74. The first-order valence-electron chi connectivity index (χ1n) is 6.56. The van der Waals surface area contributed by atoms with Gasteiger partial charge in [-0.05, 0) is 18.1 Å². The van der Waals surface area contributed by atoms with E-state index in [9.17, 15) is 0 Å². The largest absolute Gasteiger partial charge is 0.398 e. The van der Waals surface area contributed by atoms with Crippen molar-refractivity contribution < 1.29 is 0 Å². The SMILES string of the molecule is CCCn1ccnc1CC(NN)c1ccccc1N. The Bertz CT molecular complexity index is 520. The van der Waals surface area contributed by atoms with Gasteiger partial charge in [-0.1, -0.05) is 25.1 Å². The highest BCUT2D eigenvalue weighted by molar-refractivity contribution is 5.48. The fraction of sp³-hybridized carbons (Fsp3) is 0.357. The molecule has 5 heteroatoms. The zero-order valence-electron chi connectivity index (χ0n) is 11.2. The van der Waals surface area contributed by atoms with Crippen LogP contribution in [0.15, 0.2) is 36.7 Å². The van der Waals surface area contributed by atoms with Crippen molar-refractivity contribution in [2.24, 2.45) is 5.84 Å². The first kappa shape index (κ1) is 13.6. The molecule has 0 aliphatic rings. The van der Waals surface area contributed by atoms with Crippen molar-refractivity contribution in [3.05, 3.63) is 48.0 Å². The number of benzene rings is 1. The highest BCUT2D eigenvalue weighted by Crippen LogP contribution is 2.22. The lowest BCUT2D eigenvalue weighted by atomic mass is 10.0. The van der Waals surface area contributed by atoms with E-state index in [-0.39, 0.29) is 6.04 Å². The van der Waals surface area contributed by atoms with Crippen LogP contribution in [0.2, 0.25) is 0 Å². The molecule has 1 aromatic heterocycles. The lowest BCUT2D eigenvalue weighted by molar-refractivity contribution is 0.518. The molecule has 0 aliphatic heterocycles. The van der Waals surface area contributed by atoms with Gasteiger partial charge in [0.1, 0.15) is 5.82 Å². The van der Waals surface area contributed by atoms with Gasteiger partial charge in [0.15, 0.2) is 0 Å². The summed E-state index contributed by atoms with van der Waals surface area (Å²) >= 11 is 0. The summed E-state index contributed by atoms with van der Waals surface area (Å²) in [5, 5.41) is 0. The number of rotatable bonds is 6. The highest BCUT2D eigenvalue weighted by atomic mass is 15.2. The highest BCUT2D eigenvalue weighted by Gasteiger charge is 2.15. The van der Waals surface area contributed by atoms with Crippen LogP contribution in [0.1, 0.15) is 30.8 Å². The maximum Gasteiger partial charge on any atom is 0.110 e. The number of nitrogen functional groups attached to an aromatic ring is 1. The summed E-state index contributed by atoms with van der Waals surface area (Å²) in [4.78, 5) is 4.40. The monoisotopic (exact) mass is 259 g/mol. The van der Waals surface area contributed by atoms with Gasteiger partial charge in [0, 0.05) is 31.0 Å². The maximum absolute atomic E-state index is 6.00. The summed E-state index contributed by atoms with van der Waals surface area (Å²) in [5.41, 5.74) is 10.6. The van der Waals surface area contributed by atoms with Crippen LogP contribution in [-0.4, -0.2) is 9.55 Å². The Balaban J connectivity index is 2.19. The van der Waals surface area contributed by atoms with Crippen LogP contribution < -0.4 is 17.0 Å². The van der Waals surface area contributed by atoms with Gasteiger partial charge in [0.25, 0.3) is 0 Å². The van der Waals surface area contributed by atoms with Gasteiger partial charge < -0.3 is 10.3 Å². The number of aryl methyl sites for hydroxylation is 1. The Hall–Kier alpha value is -1.85. The topological polar surface area (TPSA) is 81.9 Å². The molecule has 0 amide bonds. The number of anilines is 1. The smallest absolute Gasteiger partial charge is 0.110 e. The van der Waals surface area contributed by atoms with Crippen LogP contribution in [0, 0.1) is 0 Å². The van der Waals surface area contributed by atoms with E-state index >= 15 is 0 Å². The van der Waals surface area contributed by atoms with Gasteiger partial charge >= 0.3 is 0 Å². The third-order valence-electron chi connectivity index (χ3n) is 3.23. The van der Waals surface area contributed by atoms with Crippen LogP contribution in [0.25, 0.3) is 0 Å². The van der Waals surface area contributed by atoms with Gasteiger partial charge in [0.2, 0.25) is 0 Å².